The Morgan fingerprint density at radius 3 is 1.65 bits per heavy atom. The number of aliphatic hydroxyl groups excluding tert-OH is 3. The van der Waals surface area contributed by atoms with Gasteiger partial charge in [-0.25, -0.2) is 0 Å². The van der Waals surface area contributed by atoms with Crippen molar-refractivity contribution in [2.75, 3.05) is 0 Å². The van der Waals surface area contributed by atoms with Gasteiger partial charge in [-0.2, -0.15) is 0 Å². The fourth-order valence-corrected chi connectivity index (χ4v) is 2.72. The maximum Gasteiger partial charge on any atom is 0.303 e. The highest BCUT2D eigenvalue weighted by Crippen LogP contribution is 2.15. The lowest BCUT2D eigenvalue weighted by Crippen LogP contribution is -2.37. The zero-order valence-corrected chi connectivity index (χ0v) is 14.6. The minimum absolute atomic E-state index is 0.255. The van der Waals surface area contributed by atoms with E-state index >= 15 is 0 Å². The number of aliphatic hydroxyl groups is 3. The Balaban J connectivity index is 3.50. The summed E-state index contributed by atoms with van der Waals surface area (Å²) in [5.74, 6) is -0.727. The van der Waals surface area contributed by atoms with Gasteiger partial charge in [0.25, 0.3) is 0 Å². The first-order chi connectivity index (χ1) is 11.0. The van der Waals surface area contributed by atoms with E-state index in [1.165, 1.54) is 0 Å². The molecule has 0 fully saturated rings. The molecule has 0 aromatic heterocycles. The van der Waals surface area contributed by atoms with Gasteiger partial charge in [0.05, 0.1) is 12.2 Å². The predicted molar refractivity (Wildman–Crippen MR) is 91.4 cm³/mol. The van der Waals surface area contributed by atoms with E-state index in [9.17, 15) is 20.1 Å². The predicted octanol–water partition coefficient (Wildman–Crippen LogP) is 3.24. The minimum atomic E-state index is -1.04. The molecule has 0 unspecified atom stereocenters. The first-order valence-corrected chi connectivity index (χ1v) is 9.25. The summed E-state index contributed by atoms with van der Waals surface area (Å²) in [6.07, 6.45) is 8.32. The summed E-state index contributed by atoms with van der Waals surface area (Å²) < 4.78 is 0. The zero-order chi connectivity index (χ0) is 17.5. The van der Waals surface area contributed by atoms with Crippen molar-refractivity contribution >= 4 is 5.97 Å². The van der Waals surface area contributed by atoms with Gasteiger partial charge in [0.1, 0.15) is 6.10 Å². The molecule has 0 aliphatic rings. The second kappa shape index (κ2) is 14.9. The summed E-state index contributed by atoms with van der Waals surface area (Å²) in [6.45, 7) is 2.09. The van der Waals surface area contributed by atoms with E-state index in [0.29, 0.717) is 12.8 Å². The van der Waals surface area contributed by atoms with E-state index in [2.05, 4.69) is 6.92 Å². The highest BCUT2D eigenvalue weighted by molar-refractivity contribution is 5.66. The number of carboxylic acids is 1. The summed E-state index contributed by atoms with van der Waals surface area (Å²) in [6, 6.07) is 0. The molecule has 23 heavy (non-hydrogen) atoms. The van der Waals surface area contributed by atoms with Crippen LogP contribution in [-0.4, -0.2) is 44.7 Å². The Morgan fingerprint density at radius 1 is 0.739 bits per heavy atom. The van der Waals surface area contributed by atoms with E-state index in [1.54, 1.807) is 0 Å². The second-order valence-electron chi connectivity index (χ2n) is 6.53. The minimum Gasteiger partial charge on any atom is -0.481 e. The van der Waals surface area contributed by atoms with Gasteiger partial charge in [0.15, 0.2) is 0 Å². The quantitative estimate of drug-likeness (QED) is 0.325. The van der Waals surface area contributed by atoms with E-state index < -0.39 is 24.3 Å². The van der Waals surface area contributed by atoms with E-state index in [4.69, 9.17) is 5.11 Å². The molecule has 0 aromatic carbocycles. The molecule has 0 amide bonds. The van der Waals surface area contributed by atoms with Crippen LogP contribution in [0, 0.1) is 0 Å². The largest absolute Gasteiger partial charge is 0.481 e. The third-order valence-electron chi connectivity index (χ3n) is 4.28. The number of hydrogen-bond acceptors (Lipinski definition) is 4. The van der Waals surface area contributed by atoms with Crippen molar-refractivity contribution in [1.29, 1.82) is 0 Å². The summed E-state index contributed by atoms with van der Waals surface area (Å²) in [5.41, 5.74) is 0. The maximum atomic E-state index is 10.4. The van der Waals surface area contributed by atoms with Crippen LogP contribution in [0.2, 0.25) is 0 Å². The molecule has 5 heteroatoms. The normalized spacial score (nSPS) is 15.3. The summed E-state index contributed by atoms with van der Waals surface area (Å²) in [4.78, 5) is 10.4. The molecule has 138 valence electrons. The first-order valence-electron chi connectivity index (χ1n) is 9.25. The van der Waals surface area contributed by atoms with Crippen molar-refractivity contribution in [3.05, 3.63) is 0 Å². The topological polar surface area (TPSA) is 98.0 Å². The first kappa shape index (κ1) is 22.4. The number of unbranched alkanes of at least 4 members (excludes halogenated alkanes) is 8. The van der Waals surface area contributed by atoms with Gasteiger partial charge in [-0.05, 0) is 19.3 Å². The summed E-state index contributed by atoms with van der Waals surface area (Å²) in [7, 11) is 0. The SMILES string of the molecule is CCCCC[C@H](O)[C@H](O)[C@H](O)CCCCCCCCCC(=O)O. The molecular weight excluding hydrogens is 296 g/mol. The molecule has 0 aromatic rings. The van der Waals surface area contributed by atoms with Crippen LogP contribution in [0.5, 0.6) is 0 Å². The van der Waals surface area contributed by atoms with Crippen molar-refractivity contribution in [3.8, 4) is 0 Å². The van der Waals surface area contributed by atoms with E-state index in [1.807, 2.05) is 0 Å². The third-order valence-corrected chi connectivity index (χ3v) is 4.28. The average Bonchev–Trinajstić information content (AvgIpc) is 2.52. The monoisotopic (exact) mass is 332 g/mol. The molecule has 0 rings (SSSR count). The molecular formula is C18H36O5. The summed E-state index contributed by atoms with van der Waals surface area (Å²) >= 11 is 0. The fourth-order valence-electron chi connectivity index (χ4n) is 2.72. The molecule has 0 radical (unpaired) electrons. The second-order valence-corrected chi connectivity index (χ2v) is 6.53. The molecule has 3 atom stereocenters. The lowest BCUT2D eigenvalue weighted by molar-refractivity contribution is -0.137. The van der Waals surface area contributed by atoms with Gasteiger partial charge in [0, 0.05) is 6.42 Å². The van der Waals surface area contributed by atoms with Gasteiger partial charge in [-0.3, -0.25) is 4.79 Å². The van der Waals surface area contributed by atoms with Crippen LogP contribution in [0.4, 0.5) is 0 Å². The van der Waals surface area contributed by atoms with Gasteiger partial charge in [-0.15, -0.1) is 0 Å². The molecule has 0 aliphatic heterocycles. The Morgan fingerprint density at radius 2 is 1.17 bits per heavy atom. The van der Waals surface area contributed by atoms with Gasteiger partial charge >= 0.3 is 5.97 Å². The summed E-state index contributed by atoms with van der Waals surface area (Å²) in [5, 5.41) is 38.1. The molecule has 0 saturated carbocycles. The van der Waals surface area contributed by atoms with Gasteiger partial charge in [-0.1, -0.05) is 64.7 Å². The molecule has 0 saturated heterocycles. The van der Waals surface area contributed by atoms with Crippen molar-refractivity contribution in [2.45, 2.75) is 109 Å². The van der Waals surface area contributed by atoms with Crippen molar-refractivity contribution < 1.29 is 25.2 Å². The number of hydrogen-bond donors (Lipinski definition) is 4. The highest BCUT2D eigenvalue weighted by atomic mass is 16.4. The standard InChI is InChI=1S/C18H36O5/c1-2-3-9-12-15(19)18(23)16(20)13-10-7-5-4-6-8-11-14-17(21)22/h15-16,18-20,23H,2-14H2,1H3,(H,21,22)/t15-,16+,18-/m0/s1. The number of carbonyl (C=O) groups is 1. The molecule has 5 nitrogen and oxygen atoms in total. The van der Waals surface area contributed by atoms with Crippen LogP contribution in [0.1, 0.15) is 90.4 Å². The number of carboxylic acid groups (broad SMARTS) is 1. The van der Waals surface area contributed by atoms with Crippen molar-refractivity contribution in [2.24, 2.45) is 0 Å². The van der Waals surface area contributed by atoms with Crippen LogP contribution in [0.3, 0.4) is 0 Å². The number of rotatable bonds is 16. The molecule has 0 spiro atoms. The van der Waals surface area contributed by atoms with Crippen LogP contribution < -0.4 is 0 Å². The Labute approximate surface area is 140 Å². The van der Waals surface area contributed by atoms with Crippen LogP contribution in [0.15, 0.2) is 0 Å². The van der Waals surface area contributed by atoms with E-state index in [0.717, 1.165) is 64.2 Å². The van der Waals surface area contributed by atoms with Crippen LogP contribution >= 0.6 is 0 Å². The Bertz CT molecular complexity index is 283. The van der Waals surface area contributed by atoms with Crippen LogP contribution in [-0.2, 0) is 4.79 Å². The molecule has 4 N–H and O–H groups in total. The Kier molecular flexibility index (Phi) is 14.5. The molecule has 0 bridgehead atoms. The van der Waals surface area contributed by atoms with Crippen LogP contribution in [0.25, 0.3) is 0 Å². The fraction of sp³-hybridized carbons (Fsp3) is 0.944. The Hall–Kier alpha value is -0.650. The number of aliphatic carboxylic acids is 1. The maximum absolute atomic E-state index is 10.4. The molecule has 0 aliphatic carbocycles. The average molecular weight is 332 g/mol. The smallest absolute Gasteiger partial charge is 0.303 e. The van der Waals surface area contributed by atoms with Crippen molar-refractivity contribution in [1.82, 2.24) is 0 Å². The zero-order valence-electron chi connectivity index (χ0n) is 14.6. The van der Waals surface area contributed by atoms with E-state index in [-0.39, 0.29) is 6.42 Å². The third kappa shape index (κ3) is 13.5. The van der Waals surface area contributed by atoms with Crippen molar-refractivity contribution in [3.63, 3.8) is 0 Å². The van der Waals surface area contributed by atoms with Gasteiger partial charge < -0.3 is 20.4 Å². The lowest BCUT2D eigenvalue weighted by Gasteiger charge is -2.23. The molecule has 0 heterocycles. The van der Waals surface area contributed by atoms with Gasteiger partial charge in [0.2, 0.25) is 0 Å². The lowest BCUT2D eigenvalue weighted by atomic mass is 9.98. The highest BCUT2D eigenvalue weighted by Gasteiger charge is 2.23.